The van der Waals surface area contributed by atoms with Gasteiger partial charge < -0.3 is 37.6 Å². The summed E-state index contributed by atoms with van der Waals surface area (Å²) >= 11 is 0. The number of aryl methyl sites for hydroxylation is 2. The van der Waals surface area contributed by atoms with E-state index in [-0.39, 0.29) is 19.6 Å². The third-order valence-electron chi connectivity index (χ3n) is 9.57. The predicted octanol–water partition coefficient (Wildman–Crippen LogP) is 7.63. The number of hydrogen-bond donors (Lipinski definition) is 2. The molecule has 296 valence electrons. The molecular formula is C43H44N4O10. The lowest BCUT2D eigenvalue weighted by Crippen LogP contribution is -2.17. The normalized spacial score (nSPS) is 10.9. The van der Waals surface area contributed by atoms with Crippen molar-refractivity contribution in [3.05, 3.63) is 119 Å². The lowest BCUT2D eigenvalue weighted by Gasteiger charge is -2.11. The number of aromatic nitrogens is 2. The number of nitrogens with one attached hydrogen (secondary N) is 2. The van der Waals surface area contributed by atoms with Crippen molar-refractivity contribution in [2.24, 2.45) is 14.1 Å². The smallest absolute Gasteiger partial charge is 0.411 e. The van der Waals surface area contributed by atoms with Crippen LogP contribution in [0.1, 0.15) is 49.4 Å². The molecule has 0 unspecified atom stereocenters. The maximum atomic E-state index is 12.7. The van der Waals surface area contributed by atoms with Crippen molar-refractivity contribution in [1.82, 2.24) is 9.13 Å². The summed E-state index contributed by atoms with van der Waals surface area (Å²) in [5, 5.41) is 7.41. The first-order chi connectivity index (χ1) is 27.5. The Bertz CT molecular complexity index is 2300. The number of methoxy groups -OCH3 is 4. The summed E-state index contributed by atoms with van der Waals surface area (Å²) in [7, 11) is 9.66. The van der Waals surface area contributed by atoms with Crippen LogP contribution in [-0.2, 0) is 45.9 Å². The molecule has 2 heterocycles. The van der Waals surface area contributed by atoms with Crippen molar-refractivity contribution in [3.8, 4) is 11.5 Å². The summed E-state index contributed by atoms with van der Waals surface area (Å²) in [6, 6.07) is 21.6. The second-order valence-corrected chi connectivity index (χ2v) is 13.3. The fraction of sp³-hybridized carbons (Fsp3) is 0.256. The lowest BCUT2D eigenvalue weighted by atomic mass is 10.0. The monoisotopic (exact) mass is 776 g/mol. The number of esters is 2. The number of benzene rings is 4. The maximum Gasteiger partial charge on any atom is 0.411 e. The first-order valence-electron chi connectivity index (χ1n) is 18.1. The van der Waals surface area contributed by atoms with Gasteiger partial charge in [-0.2, -0.15) is 0 Å². The van der Waals surface area contributed by atoms with Crippen LogP contribution in [0, 0.1) is 0 Å². The Kier molecular flexibility index (Phi) is 12.3. The fourth-order valence-corrected chi connectivity index (χ4v) is 6.76. The summed E-state index contributed by atoms with van der Waals surface area (Å²) in [6.07, 6.45) is 4.09. The van der Waals surface area contributed by atoms with Crippen molar-refractivity contribution in [1.29, 1.82) is 0 Å². The van der Waals surface area contributed by atoms with Crippen LogP contribution in [-0.4, -0.2) is 74.9 Å². The quantitative estimate of drug-likeness (QED) is 0.0640. The Labute approximate surface area is 329 Å². The van der Waals surface area contributed by atoms with Gasteiger partial charge in [0, 0.05) is 78.9 Å². The zero-order chi connectivity index (χ0) is 40.6. The summed E-state index contributed by atoms with van der Waals surface area (Å²) in [5.41, 5.74) is 7.61. The molecule has 6 aromatic rings. The molecule has 0 atom stereocenters. The zero-order valence-corrected chi connectivity index (χ0v) is 32.6. The van der Waals surface area contributed by atoms with E-state index in [1.807, 2.05) is 72.0 Å². The third-order valence-corrected chi connectivity index (χ3v) is 9.57. The summed E-state index contributed by atoms with van der Waals surface area (Å²) in [5.74, 6) is 0.245. The molecule has 0 saturated heterocycles. The van der Waals surface area contributed by atoms with Gasteiger partial charge in [-0.05, 0) is 82.9 Å². The molecule has 0 aliphatic carbocycles. The molecule has 0 bridgehead atoms. The molecule has 57 heavy (non-hydrogen) atoms. The predicted molar refractivity (Wildman–Crippen MR) is 215 cm³/mol. The van der Waals surface area contributed by atoms with E-state index in [1.165, 1.54) is 14.2 Å². The van der Waals surface area contributed by atoms with E-state index in [0.717, 1.165) is 44.1 Å². The lowest BCUT2D eigenvalue weighted by molar-refractivity contribution is 0.0591. The Hall–Kier alpha value is -6.96. The molecular weight excluding hydrogens is 732 g/mol. The standard InChI is InChI=1S/C43H44N4O10/c1-46-24-30(18-26-8-10-28(40(48)54-5)20-38(26)52-3)34-22-32(12-14-36(34)46)44-42(50)56-16-7-17-57-43(51)45-33-13-15-37-35(23-33)31(25-47(37)2)19-27-9-11-29(41(49)55-6)21-39(27)53-4/h8-15,20-25H,7,16-19H2,1-6H3,(H,44,50)(H,45,51). The van der Waals surface area contributed by atoms with Crippen molar-refractivity contribution in [3.63, 3.8) is 0 Å². The van der Waals surface area contributed by atoms with Gasteiger partial charge >= 0.3 is 24.1 Å². The van der Waals surface area contributed by atoms with Crippen molar-refractivity contribution in [2.45, 2.75) is 19.3 Å². The number of fused-ring (bicyclic) bond motifs is 2. The van der Waals surface area contributed by atoms with Gasteiger partial charge in [0.2, 0.25) is 0 Å². The van der Waals surface area contributed by atoms with Gasteiger partial charge in [-0.1, -0.05) is 12.1 Å². The van der Waals surface area contributed by atoms with Gasteiger partial charge in [0.15, 0.2) is 0 Å². The van der Waals surface area contributed by atoms with Crippen LogP contribution in [0.15, 0.2) is 85.2 Å². The number of rotatable bonds is 14. The van der Waals surface area contributed by atoms with E-state index in [0.29, 0.717) is 46.8 Å². The van der Waals surface area contributed by atoms with Crippen LogP contribution in [0.25, 0.3) is 21.8 Å². The molecule has 4 aromatic carbocycles. The highest BCUT2D eigenvalue weighted by atomic mass is 16.6. The highest BCUT2D eigenvalue weighted by molar-refractivity contribution is 5.94. The average molecular weight is 777 g/mol. The molecule has 2 aromatic heterocycles. The highest BCUT2D eigenvalue weighted by Crippen LogP contribution is 2.32. The summed E-state index contributed by atoms with van der Waals surface area (Å²) in [6.45, 7) is 0.0609. The van der Waals surface area contributed by atoms with E-state index in [4.69, 9.17) is 28.4 Å². The number of amides is 2. The molecule has 0 spiro atoms. The highest BCUT2D eigenvalue weighted by Gasteiger charge is 2.17. The molecule has 0 radical (unpaired) electrons. The SMILES string of the molecule is COC(=O)c1ccc(Cc2cn(C)c3ccc(NC(=O)OCCCOC(=O)Nc4ccc5c(c4)c(Cc4ccc(C(=O)OC)cc4OC)cn5C)cc23)c(OC)c1. The largest absolute Gasteiger partial charge is 0.496 e. The van der Waals surface area contributed by atoms with E-state index in [2.05, 4.69) is 10.6 Å². The van der Waals surface area contributed by atoms with Gasteiger partial charge in [-0.15, -0.1) is 0 Å². The first kappa shape index (κ1) is 39.7. The molecule has 14 heteroatoms. The van der Waals surface area contributed by atoms with E-state index < -0.39 is 24.1 Å². The number of ether oxygens (including phenoxy) is 6. The van der Waals surface area contributed by atoms with Crippen molar-refractivity contribution in [2.75, 3.05) is 52.3 Å². The Morgan fingerprint density at radius 1 is 0.544 bits per heavy atom. The molecule has 0 saturated carbocycles. The van der Waals surface area contributed by atoms with Crippen LogP contribution in [0.3, 0.4) is 0 Å². The van der Waals surface area contributed by atoms with E-state index in [1.54, 1.807) is 50.6 Å². The zero-order valence-electron chi connectivity index (χ0n) is 32.6. The topological polar surface area (TPSA) is 158 Å². The average Bonchev–Trinajstić information content (AvgIpc) is 3.70. The van der Waals surface area contributed by atoms with Gasteiger partial charge in [0.25, 0.3) is 0 Å². The number of nitrogens with zero attached hydrogens (tertiary/aromatic N) is 2. The first-order valence-corrected chi connectivity index (χ1v) is 18.1. The summed E-state index contributed by atoms with van der Waals surface area (Å²) in [4.78, 5) is 49.3. The van der Waals surface area contributed by atoms with Crippen LogP contribution < -0.4 is 20.1 Å². The van der Waals surface area contributed by atoms with Gasteiger partial charge in [-0.25, -0.2) is 19.2 Å². The molecule has 2 N–H and O–H groups in total. The van der Waals surface area contributed by atoms with Crippen LogP contribution in [0.4, 0.5) is 21.0 Å². The maximum absolute atomic E-state index is 12.7. The number of carbonyl (C=O) groups excluding carboxylic acids is 4. The Balaban J connectivity index is 0.998. The Morgan fingerprint density at radius 3 is 1.35 bits per heavy atom. The molecule has 2 amide bonds. The minimum absolute atomic E-state index is 0.0305. The number of anilines is 2. The van der Waals surface area contributed by atoms with Crippen molar-refractivity contribution >= 4 is 57.3 Å². The minimum Gasteiger partial charge on any atom is -0.496 e. The fourth-order valence-electron chi connectivity index (χ4n) is 6.76. The van der Waals surface area contributed by atoms with Gasteiger partial charge in [0.1, 0.15) is 11.5 Å². The number of carbonyl (C=O) groups is 4. The molecule has 0 aliphatic heterocycles. The van der Waals surface area contributed by atoms with Crippen LogP contribution >= 0.6 is 0 Å². The molecule has 0 fully saturated rings. The molecule has 6 rings (SSSR count). The Morgan fingerprint density at radius 2 is 0.965 bits per heavy atom. The second-order valence-electron chi connectivity index (χ2n) is 13.3. The summed E-state index contributed by atoms with van der Waals surface area (Å²) < 4.78 is 35.5. The number of hydrogen-bond acceptors (Lipinski definition) is 10. The molecule has 14 nitrogen and oxygen atoms in total. The van der Waals surface area contributed by atoms with E-state index >= 15 is 0 Å². The third kappa shape index (κ3) is 9.13. The molecule has 0 aliphatic rings. The van der Waals surface area contributed by atoms with Crippen LogP contribution in [0.2, 0.25) is 0 Å². The van der Waals surface area contributed by atoms with Gasteiger partial charge in [0.05, 0.1) is 52.8 Å². The minimum atomic E-state index is -0.639. The van der Waals surface area contributed by atoms with E-state index in [9.17, 15) is 19.2 Å². The van der Waals surface area contributed by atoms with Gasteiger partial charge in [-0.3, -0.25) is 10.6 Å². The van der Waals surface area contributed by atoms with Crippen molar-refractivity contribution < 1.29 is 47.6 Å². The van der Waals surface area contributed by atoms with Crippen LogP contribution in [0.5, 0.6) is 11.5 Å². The second kappa shape index (κ2) is 17.7.